The third-order valence-corrected chi connectivity index (χ3v) is 4.61. The number of rotatable bonds is 4. The molecule has 6 nitrogen and oxygen atoms in total. The molecule has 1 aromatic heterocycles. The van der Waals surface area contributed by atoms with Gasteiger partial charge in [-0.25, -0.2) is 0 Å². The van der Waals surface area contributed by atoms with Crippen LogP contribution in [0.2, 0.25) is 0 Å². The largest absolute Gasteiger partial charge is 0.352 e. The van der Waals surface area contributed by atoms with Crippen LogP contribution in [0.25, 0.3) is 0 Å². The van der Waals surface area contributed by atoms with Gasteiger partial charge in [0.25, 0.3) is 5.91 Å². The molecule has 23 heavy (non-hydrogen) atoms. The Morgan fingerprint density at radius 1 is 1.22 bits per heavy atom. The van der Waals surface area contributed by atoms with Gasteiger partial charge in [0.1, 0.15) is 0 Å². The lowest BCUT2D eigenvalue weighted by Crippen LogP contribution is -2.55. The zero-order chi connectivity index (χ0) is 16.4. The van der Waals surface area contributed by atoms with Crippen molar-refractivity contribution in [3.63, 3.8) is 0 Å². The lowest BCUT2D eigenvalue weighted by atomic mass is 10.2. The van der Waals surface area contributed by atoms with Crippen LogP contribution in [0.3, 0.4) is 0 Å². The molecule has 2 aliphatic rings. The second kappa shape index (κ2) is 6.66. The van der Waals surface area contributed by atoms with E-state index in [9.17, 15) is 9.59 Å². The fourth-order valence-corrected chi connectivity index (χ4v) is 2.80. The predicted molar refractivity (Wildman–Crippen MR) is 87.1 cm³/mol. The summed E-state index contributed by atoms with van der Waals surface area (Å²) in [5.41, 5.74) is 1.53. The van der Waals surface area contributed by atoms with Crippen molar-refractivity contribution in [3.8, 4) is 0 Å². The van der Waals surface area contributed by atoms with Gasteiger partial charge in [0.2, 0.25) is 5.91 Å². The Kier molecular flexibility index (Phi) is 4.61. The first kappa shape index (κ1) is 15.9. The van der Waals surface area contributed by atoms with Gasteiger partial charge in [-0.15, -0.1) is 0 Å². The molecule has 1 aromatic rings. The number of carbonyl (C=O) groups is 2. The van der Waals surface area contributed by atoms with Crippen LogP contribution in [-0.2, 0) is 4.79 Å². The Hall–Kier alpha value is -1.95. The molecule has 1 saturated carbocycles. The normalized spacial score (nSPS) is 20.2. The highest BCUT2D eigenvalue weighted by Gasteiger charge is 2.31. The van der Waals surface area contributed by atoms with E-state index in [-0.39, 0.29) is 17.9 Å². The lowest BCUT2D eigenvalue weighted by Gasteiger charge is -2.37. The van der Waals surface area contributed by atoms with Crippen molar-refractivity contribution >= 4 is 11.8 Å². The number of hydrogen-bond acceptors (Lipinski definition) is 4. The van der Waals surface area contributed by atoms with E-state index < -0.39 is 0 Å². The summed E-state index contributed by atoms with van der Waals surface area (Å²) < 4.78 is 0. The van der Waals surface area contributed by atoms with Gasteiger partial charge in [-0.3, -0.25) is 19.5 Å². The van der Waals surface area contributed by atoms with E-state index in [2.05, 4.69) is 15.2 Å². The summed E-state index contributed by atoms with van der Waals surface area (Å²) >= 11 is 0. The Morgan fingerprint density at radius 2 is 1.91 bits per heavy atom. The van der Waals surface area contributed by atoms with Crippen LogP contribution in [-0.4, -0.2) is 64.9 Å². The van der Waals surface area contributed by atoms with E-state index in [4.69, 9.17) is 0 Å². The minimum Gasteiger partial charge on any atom is -0.352 e. The molecule has 1 N–H and O–H groups in total. The number of piperazine rings is 1. The number of amides is 2. The van der Waals surface area contributed by atoms with Gasteiger partial charge in [-0.2, -0.15) is 0 Å². The zero-order valence-corrected chi connectivity index (χ0v) is 13.8. The number of hydrogen-bond donors (Lipinski definition) is 1. The minimum absolute atomic E-state index is 0.0206. The topological polar surface area (TPSA) is 65.5 Å². The molecule has 124 valence electrons. The first-order valence-electron chi connectivity index (χ1n) is 8.31. The van der Waals surface area contributed by atoms with Gasteiger partial charge in [-0.1, -0.05) is 0 Å². The van der Waals surface area contributed by atoms with Crippen molar-refractivity contribution in [2.24, 2.45) is 0 Å². The number of aromatic nitrogens is 1. The van der Waals surface area contributed by atoms with Crippen LogP contribution in [0.1, 0.15) is 35.8 Å². The zero-order valence-electron chi connectivity index (χ0n) is 13.8. The monoisotopic (exact) mass is 316 g/mol. The number of nitrogens with one attached hydrogen (secondary N) is 1. The van der Waals surface area contributed by atoms with E-state index in [1.165, 1.54) is 0 Å². The van der Waals surface area contributed by atoms with Crippen molar-refractivity contribution in [1.82, 2.24) is 20.1 Å². The lowest BCUT2D eigenvalue weighted by molar-refractivity contribution is -0.126. The van der Waals surface area contributed by atoms with E-state index in [0.717, 1.165) is 31.6 Å². The maximum absolute atomic E-state index is 12.5. The molecule has 6 heteroatoms. The van der Waals surface area contributed by atoms with Gasteiger partial charge >= 0.3 is 0 Å². The fraction of sp³-hybridized carbons (Fsp3) is 0.588. The van der Waals surface area contributed by atoms with E-state index in [1.807, 2.05) is 30.9 Å². The highest BCUT2D eigenvalue weighted by Crippen LogP contribution is 2.19. The molecule has 1 atom stereocenters. The van der Waals surface area contributed by atoms with Crippen molar-refractivity contribution in [1.29, 1.82) is 0 Å². The number of pyridine rings is 1. The molecule has 2 heterocycles. The molecule has 1 aliphatic carbocycles. The molecule has 2 fully saturated rings. The summed E-state index contributed by atoms with van der Waals surface area (Å²) in [6.07, 6.45) is 3.84. The third-order valence-electron chi connectivity index (χ3n) is 4.61. The predicted octanol–water partition coefficient (Wildman–Crippen LogP) is 0.815. The third kappa shape index (κ3) is 3.88. The van der Waals surface area contributed by atoms with Crippen LogP contribution in [0, 0.1) is 6.92 Å². The number of carbonyl (C=O) groups excluding carboxylic acids is 2. The van der Waals surface area contributed by atoms with Crippen LogP contribution < -0.4 is 5.32 Å². The molecule has 1 unspecified atom stereocenters. The highest BCUT2D eigenvalue weighted by molar-refractivity contribution is 5.94. The second-order valence-corrected chi connectivity index (χ2v) is 6.48. The molecule has 0 radical (unpaired) electrons. The van der Waals surface area contributed by atoms with Gasteiger partial charge in [0.15, 0.2) is 0 Å². The fourth-order valence-electron chi connectivity index (χ4n) is 2.80. The summed E-state index contributed by atoms with van der Waals surface area (Å²) in [5.74, 6) is 0.127. The highest BCUT2D eigenvalue weighted by atomic mass is 16.2. The molecular formula is C17H24N4O2. The minimum atomic E-state index is -0.131. The summed E-state index contributed by atoms with van der Waals surface area (Å²) in [5, 5.41) is 3.05. The molecule has 1 saturated heterocycles. The summed E-state index contributed by atoms with van der Waals surface area (Å²) in [6.45, 7) is 6.59. The molecular weight excluding hydrogens is 292 g/mol. The molecule has 3 rings (SSSR count). The van der Waals surface area contributed by atoms with Crippen molar-refractivity contribution in [3.05, 3.63) is 29.6 Å². The van der Waals surface area contributed by atoms with Crippen molar-refractivity contribution in [2.75, 3.05) is 26.2 Å². The van der Waals surface area contributed by atoms with Crippen LogP contribution >= 0.6 is 0 Å². The van der Waals surface area contributed by atoms with Gasteiger partial charge in [0.05, 0.1) is 11.6 Å². The maximum Gasteiger partial charge on any atom is 0.255 e. The van der Waals surface area contributed by atoms with E-state index in [1.54, 1.807) is 6.20 Å². The average molecular weight is 316 g/mol. The number of nitrogens with zero attached hydrogens (tertiary/aromatic N) is 3. The molecule has 0 spiro atoms. The summed E-state index contributed by atoms with van der Waals surface area (Å²) in [7, 11) is 0. The molecule has 0 bridgehead atoms. The van der Waals surface area contributed by atoms with Gasteiger partial charge in [-0.05, 0) is 38.8 Å². The summed E-state index contributed by atoms with van der Waals surface area (Å²) in [4.78, 5) is 32.8. The average Bonchev–Trinajstić information content (AvgIpc) is 3.38. The van der Waals surface area contributed by atoms with E-state index in [0.29, 0.717) is 24.7 Å². The van der Waals surface area contributed by atoms with Crippen LogP contribution in [0.5, 0.6) is 0 Å². The Morgan fingerprint density at radius 3 is 2.48 bits per heavy atom. The first-order valence-corrected chi connectivity index (χ1v) is 8.31. The van der Waals surface area contributed by atoms with Crippen molar-refractivity contribution in [2.45, 2.75) is 38.8 Å². The Labute approximate surface area is 136 Å². The quantitative estimate of drug-likeness (QED) is 0.893. The molecule has 1 aliphatic heterocycles. The first-order chi connectivity index (χ1) is 11.0. The molecule has 0 aromatic carbocycles. The smallest absolute Gasteiger partial charge is 0.255 e. The Balaban J connectivity index is 1.52. The van der Waals surface area contributed by atoms with Gasteiger partial charge in [0, 0.05) is 44.1 Å². The number of aryl methyl sites for hydroxylation is 1. The van der Waals surface area contributed by atoms with Crippen LogP contribution in [0.15, 0.2) is 18.3 Å². The second-order valence-electron chi connectivity index (χ2n) is 6.48. The standard InChI is InChI=1S/C17H24N4O2/c1-12-3-4-14(11-18-12)17(23)21-9-7-20(8-10-21)13(2)16(22)19-15-5-6-15/h3-4,11,13,15H,5-10H2,1-2H3,(H,19,22). The van der Waals surface area contributed by atoms with Crippen LogP contribution in [0.4, 0.5) is 0 Å². The van der Waals surface area contributed by atoms with E-state index >= 15 is 0 Å². The summed E-state index contributed by atoms with van der Waals surface area (Å²) in [6, 6.07) is 3.94. The van der Waals surface area contributed by atoms with Gasteiger partial charge < -0.3 is 10.2 Å². The Bertz CT molecular complexity index is 575. The van der Waals surface area contributed by atoms with Crippen molar-refractivity contribution < 1.29 is 9.59 Å². The molecule has 2 amide bonds. The SMILES string of the molecule is Cc1ccc(C(=O)N2CCN(C(C)C(=O)NC3CC3)CC2)cn1. The maximum atomic E-state index is 12.5.